The lowest BCUT2D eigenvalue weighted by molar-refractivity contribution is 0.538. The maximum Gasteiger partial charge on any atom is 0.154 e. The lowest BCUT2D eigenvalue weighted by Gasteiger charge is -2.17. The zero-order chi connectivity index (χ0) is 15.3. The Morgan fingerprint density at radius 1 is 1.29 bits per heavy atom. The summed E-state index contributed by atoms with van der Waals surface area (Å²) >= 11 is 0. The van der Waals surface area contributed by atoms with Gasteiger partial charge in [-0.3, -0.25) is 0 Å². The van der Waals surface area contributed by atoms with Crippen LogP contribution in [0.3, 0.4) is 0 Å². The van der Waals surface area contributed by atoms with E-state index in [9.17, 15) is 8.42 Å². The van der Waals surface area contributed by atoms with Gasteiger partial charge >= 0.3 is 0 Å². The fourth-order valence-corrected chi connectivity index (χ4v) is 4.65. The number of aryl methyl sites for hydroxylation is 1. The third kappa shape index (κ3) is 4.55. The van der Waals surface area contributed by atoms with Crippen molar-refractivity contribution in [3.63, 3.8) is 0 Å². The van der Waals surface area contributed by atoms with Gasteiger partial charge in [0.1, 0.15) is 0 Å². The van der Waals surface area contributed by atoms with Gasteiger partial charge in [0.15, 0.2) is 9.84 Å². The lowest BCUT2D eigenvalue weighted by atomic mass is 10.0. The molecule has 2 rings (SSSR count). The molecule has 1 aromatic rings. The molecule has 0 aromatic heterocycles. The van der Waals surface area contributed by atoms with Crippen LogP contribution in [0, 0.1) is 0 Å². The van der Waals surface area contributed by atoms with Crippen LogP contribution < -0.4 is 5.32 Å². The molecule has 0 bridgehead atoms. The van der Waals surface area contributed by atoms with E-state index < -0.39 is 9.84 Å². The molecular formula is C17H27NO2S. The van der Waals surface area contributed by atoms with Crippen molar-refractivity contribution in [1.29, 1.82) is 0 Å². The normalized spacial score (nSPS) is 22.3. The molecule has 118 valence electrons. The van der Waals surface area contributed by atoms with Crippen LogP contribution in [-0.2, 0) is 16.3 Å². The molecule has 0 radical (unpaired) electrons. The Morgan fingerprint density at radius 3 is 2.57 bits per heavy atom. The third-order valence-corrected chi connectivity index (χ3v) is 6.69. The first-order valence-electron chi connectivity index (χ1n) is 8.06. The van der Waals surface area contributed by atoms with Crippen molar-refractivity contribution in [2.45, 2.75) is 57.2 Å². The van der Waals surface area contributed by atoms with Gasteiger partial charge in [-0.1, -0.05) is 37.6 Å². The molecule has 3 nitrogen and oxygen atoms in total. The second-order valence-electron chi connectivity index (χ2n) is 6.11. The van der Waals surface area contributed by atoms with Crippen LogP contribution in [0.5, 0.6) is 0 Å². The molecule has 0 aliphatic carbocycles. The zero-order valence-corrected chi connectivity index (χ0v) is 14.0. The van der Waals surface area contributed by atoms with Crippen molar-refractivity contribution in [3.05, 3.63) is 35.4 Å². The van der Waals surface area contributed by atoms with Crippen LogP contribution in [0.4, 0.5) is 0 Å². The molecule has 1 fully saturated rings. The molecule has 1 aliphatic rings. The van der Waals surface area contributed by atoms with Crippen LogP contribution in [0.2, 0.25) is 0 Å². The average Bonchev–Trinajstić information content (AvgIpc) is 2.82. The third-order valence-electron chi connectivity index (χ3n) is 4.41. The topological polar surface area (TPSA) is 46.2 Å². The van der Waals surface area contributed by atoms with E-state index in [-0.39, 0.29) is 11.3 Å². The van der Waals surface area contributed by atoms with E-state index in [4.69, 9.17) is 0 Å². The highest BCUT2D eigenvalue weighted by molar-refractivity contribution is 7.92. The number of hydrogen-bond donors (Lipinski definition) is 1. The van der Waals surface area contributed by atoms with E-state index in [0.29, 0.717) is 12.3 Å². The molecule has 1 aromatic carbocycles. The van der Waals surface area contributed by atoms with Gasteiger partial charge in [-0.15, -0.1) is 0 Å². The lowest BCUT2D eigenvalue weighted by Crippen LogP contribution is -2.32. The van der Waals surface area contributed by atoms with Crippen molar-refractivity contribution in [2.24, 2.45) is 0 Å². The van der Waals surface area contributed by atoms with E-state index in [1.165, 1.54) is 24.0 Å². The Bertz CT molecular complexity index is 536. The molecule has 21 heavy (non-hydrogen) atoms. The smallest absolute Gasteiger partial charge is 0.154 e. The highest BCUT2D eigenvalue weighted by atomic mass is 32.2. The zero-order valence-electron chi connectivity index (χ0n) is 13.1. The van der Waals surface area contributed by atoms with Crippen molar-refractivity contribution in [2.75, 3.05) is 12.3 Å². The number of benzene rings is 1. The second kappa shape index (κ2) is 7.41. The highest BCUT2D eigenvalue weighted by Crippen LogP contribution is 2.21. The fraction of sp³-hybridized carbons (Fsp3) is 0.647. The van der Waals surface area contributed by atoms with Gasteiger partial charge in [0.05, 0.1) is 11.0 Å². The highest BCUT2D eigenvalue weighted by Gasteiger charge is 2.31. The van der Waals surface area contributed by atoms with Gasteiger partial charge in [-0.05, 0) is 43.7 Å². The Kier molecular flexibility index (Phi) is 5.82. The van der Waals surface area contributed by atoms with Gasteiger partial charge in [-0.25, -0.2) is 8.42 Å². The van der Waals surface area contributed by atoms with Gasteiger partial charge in [0.25, 0.3) is 0 Å². The SMILES string of the molecule is CCCCc1ccc(C(C)NCC2CCCS2(=O)=O)cc1. The quantitative estimate of drug-likeness (QED) is 0.841. The standard InChI is InChI=1S/C17H27NO2S/c1-3-4-6-15-8-10-16(11-9-15)14(2)18-13-17-7-5-12-21(17,19)20/h8-11,14,17-18H,3-7,12-13H2,1-2H3. The Morgan fingerprint density at radius 2 is 2.00 bits per heavy atom. The first-order chi connectivity index (χ1) is 10.0. The molecule has 1 aliphatic heterocycles. The largest absolute Gasteiger partial charge is 0.309 e. The van der Waals surface area contributed by atoms with Gasteiger partial charge in [-0.2, -0.15) is 0 Å². The predicted molar refractivity (Wildman–Crippen MR) is 88.3 cm³/mol. The van der Waals surface area contributed by atoms with Gasteiger partial charge in [0.2, 0.25) is 0 Å². The molecular weight excluding hydrogens is 282 g/mol. The summed E-state index contributed by atoms with van der Waals surface area (Å²) < 4.78 is 23.6. The molecule has 1 N–H and O–H groups in total. The monoisotopic (exact) mass is 309 g/mol. The molecule has 4 heteroatoms. The molecule has 2 atom stereocenters. The first-order valence-corrected chi connectivity index (χ1v) is 9.78. The number of sulfone groups is 1. The van der Waals surface area contributed by atoms with E-state index in [2.05, 4.69) is 43.4 Å². The number of unbranched alkanes of at least 4 members (excludes halogenated alkanes) is 1. The minimum atomic E-state index is -2.84. The van der Waals surface area contributed by atoms with E-state index in [1.807, 2.05) is 0 Å². The van der Waals surface area contributed by atoms with E-state index in [0.717, 1.165) is 19.3 Å². The predicted octanol–water partition coefficient (Wildman–Crippen LogP) is 3.26. The summed E-state index contributed by atoms with van der Waals surface area (Å²) in [5.41, 5.74) is 2.61. The van der Waals surface area contributed by atoms with E-state index in [1.54, 1.807) is 0 Å². The summed E-state index contributed by atoms with van der Waals surface area (Å²) in [6.07, 6.45) is 5.20. The second-order valence-corrected chi connectivity index (χ2v) is 8.51. The van der Waals surface area contributed by atoms with Crippen molar-refractivity contribution in [1.82, 2.24) is 5.32 Å². The summed E-state index contributed by atoms with van der Waals surface area (Å²) in [7, 11) is -2.84. The van der Waals surface area contributed by atoms with E-state index >= 15 is 0 Å². The van der Waals surface area contributed by atoms with Crippen LogP contribution in [0.15, 0.2) is 24.3 Å². The summed E-state index contributed by atoms with van der Waals surface area (Å²) in [6.45, 7) is 4.88. The molecule has 0 spiro atoms. The summed E-state index contributed by atoms with van der Waals surface area (Å²) in [4.78, 5) is 0. The van der Waals surface area contributed by atoms with Crippen LogP contribution >= 0.6 is 0 Å². The minimum Gasteiger partial charge on any atom is -0.309 e. The molecule has 0 amide bonds. The number of hydrogen-bond acceptors (Lipinski definition) is 3. The van der Waals surface area contributed by atoms with Crippen molar-refractivity contribution < 1.29 is 8.42 Å². The number of nitrogens with one attached hydrogen (secondary N) is 1. The Labute approximate surface area is 129 Å². The molecule has 1 heterocycles. The van der Waals surface area contributed by atoms with Crippen LogP contribution in [-0.4, -0.2) is 26.0 Å². The Hall–Kier alpha value is -0.870. The molecule has 1 saturated heterocycles. The van der Waals surface area contributed by atoms with Crippen LogP contribution in [0.25, 0.3) is 0 Å². The summed E-state index contributed by atoms with van der Waals surface area (Å²) in [6, 6.07) is 8.89. The van der Waals surface area contributed by atoms with Gasteiger partial charge < -0.3 is 5.32 Å². The summed E-state index contributed by atoms with van der Waals surface area (Å²) in [5.74, 6) is 0.361. The minimum absolute atomic E-state index is 0.191. The molecule has 0 saturated carbocycles. The maximum absolute atomic E-state index is 11.8. The van der Waals surface area contributed by atoms with Gasteiger partial charge in [0, 0.05) is 12.6 Å². The first kappa shape index (κ1) is 16.5. The Balaban J connectivity index is 1.87. The van der Waals surface area contributed by atoms with Crippen LogP contribution in [0.1, 0.15) is 56.7 Å². The van der Waals surface area contributed by atoms with Crippen molar-refractivity contribution >= 4 is 9.84 Å². The fourth-order valence-electron chi connectivity index (χ4n) is 2.87. The molecule has 2 unspecified atom stereocenters. The summed E-state index contributed by atoms with van der Waals surface area (Å²) in [5, 5.41) is 3.19. The van der Waals surface area contributed by atoms with Crippen molar-refractivity contribution in [3.8, 4) is 0 Å². The maximum atomic E-state index is 11.8. The average molecular weight is 309 g/mol. The number of rotatable bonds is 7.